The fourth-order valence-electron chi connectivity index (χ4n) is 1.11. The first-order chi connectivity index (χ1) is 7.08. The monoisotopic (exact) mass is 201 g/mol. The molecule has 0 bridgehead atoms. The lowest BCUT2D eigenvalue weighted by Gasteiger charge is -2.14. The van der Waals surface area contributed by atoms with Crippen LogP contribution in [-0.2, 0) is 4.79 Å². The average molecular weight is 201 g/mol. The van der Waals surface area contributed by atoms with Crippen LogP contribution in [0.2, 0.25) is 0 Å². The third-order valence-corrected chi connectivity index (χ3v) is 1.86. The number of nitriles is 3. The Kier molecular flexibility index (Phi) is 2.42. The van der Waals surface area contributed by atoms with Gasteiger partial charge in [0.25, 0.3) is 0 Å². The van der Waals surface area contributed by atoms with Crippen molar-refractivity contribution in [3.8, 4) is 18.2 Å². The standard InChI is InChI=1S/C9H3N3O3/c10-1-4-7(13)5(2-11)9(15)6(3-12)8(4)14/h4,13,15H. The van der Waals surface area contributed by atoms with E-state index >= 15 is 0 Å². The average Bonchev–Trinajstić information content (AvgIpc) is 2.19. The molecule has 0 heterocycles. The minimum atomic E-state index is -1.59. The van der Waals surface area contributed by atoms with Crippen LogP contribution in [0.25, 0.3) is 0 Å². The van der Waals surface area contributed by atoms with E-state index in [0.717, 1.165) is 0 Å². The van der Waals surface area contributed by atoms with Crippen LogP contribution in [-0.4, -0.2) is 16.0 Å². The molecule has 6 nitrogen and oxygen atoms in total. The van der Waals surface area contributed by atoms with E-state index < -0.39 is 34.4 Å². The van der Waals surface area contributed by atoms with Gasteiger partial charge in [0.2, 0.25) is 5.78 Å². The van der Waals surface area contributed by atoms with Gasteiger partial charge in [0.1, 0.15) is 29.0 Å². The number of hydrogen-bond acceptors (Lipinski definition) is 6. The fourth-order valence-corrected chi connectivity index (χ4v) is 1.11. The van der Waals surface area contributed by atoms with Gasteiger partial charge in [-0.25, -0.2) is 0 Å². The van der Waals surface area contributed by atoms with Gasteiger partial charge in [-0.1, -0.05) is 0 Å². The van der Waals surface area contributed by atoms with E-state index in [1.165, 1.54) is 18.2 Å². The van der Waals surface area contributed by atoms with Crippen molar-refractivity contribution in [1.29, 1.82) is 15.8 Å². The number of aliphatic hydroxyl groups is 2. The number of ketones is 1. The van der Waals surface area contributed by atoms with Crippen LogP contribution < -0.4 is 0 Å². The van der Waals surface area contributed by atoms with Crippen LogP contribution in [0.3, 0.4) is 0 Å². The summed E-state index contributed by atoms with van der Waals surface area (Å²) >= 11 is 0. The molecule has 0 aromatic heterocycles. The van der Waals surface area contributed by atoms with Crippen molar-refractivity contribution in [1.82, 2.24) is 0 Å². The quantitative estimate of drug-likeness (QED) is 0.582. The topological polar surface area (TPSA) is 129 Å². The van der Waals surface area contributed by atoms with E-state index in [1.807, 2.05) is 0 Å². The van der Waals surface area contributed by atoms with Crippen LogP contribution in [0.1, 0.15) is 0 Å². The van der Waals surface area contributed by atoms with Crippen molar-refractivity contribution < 1.29 is 15.0 Å². The van der Waals surface area contributed by atoms with Crippen molar-refractivity contribution in [2.75, 3.05) is 0 Å². The van der Waals surface area contributed by atoms with Crippen molar-refractivity contribution >= 4 is 5.78 Å². The zero-order chi connectivity index (χ0) is 11.6. The predicted octanol–water partition coefficient (Wildman–Crippen LogP) is 0.380. The predicted molar refractivity (Wildman–Crippen MR) is 44.6 cm³/mol. The number of Topliss-reactive ketones (excluding diaryl/α,β-unsaturated/α-hetero) is 1. The minimum Gasteiger partial charge on any atom is -0.509 e. The molecule has 0 saturated heterocycles. The van der Waals surface area contributed by atoms with Crippen LogP contribution in [0.5, 0.6) is 0 Å². The molecule has 1 atom stereocenters. The Labute approximate surface area is 84.2 Å². The summed E-state index contributed by atoms with van der Waals surface area (Å²) in [4.78, 5) is 11.3. The molecule has 0 radical (unpaired) electrons. The third-order valence-electron chi connectivity index (χ3n) is 1.86. The van der Waals surface area contributed by atoms with E-state index in [4.69, 9.17) is 15.8 Å². The number of hydrogen-bond donors (Lipinski definition) is 2. The first-order valence-corrected chi connectivity index (χ1v) is 3.69. The molecule has 15 heavy (non-hydrogen) atoms. The van der Waals surface area contributed by atoms with Crippen molar-refractivity contribution in [3.63, 3.8) is 0 Å². The van der Waals surface area contributed by atoms with E-state index in [-0.39, 0.29) is 0 Å². The van der Waals surface area contributed by atoms with Gasteiger partial charge in [0.15, 0.2) is 11.7 Å². The third kappa shape index (κ3) is 1.29. The number of carbonyl (C=O) groups excluding carboxylic acids is 1. The number of carbonyl (C=O) groups is 1. The fraction of sp³-hybridized carbons (Fsp3) is 0.111. The second-order valence-corrected chi connectivity index (χ2v) is 2.63. The SMILES string of the molecule is N#CC1=C(O)C(C#N)=C(O)C(C#N)C1=O. The lowest BCUT2D eigenvalue weighted by atomic mass is 9.87. The van der Waals surface area contributed by atoms with Gasteiger partial charge in [-0.05, 0) is 0 Å². The highest BCUT2D eigenvalue weighted by Gasteiger charge is 2.37. The van der Waals surface area contributed by atoms with Gasteiger partial charge >= 0.3 is 0 Å². The summed E-state index contributed by atoms with van der Waals surface area (Å²) in [5.74, 6) is -4.30. The molecule has 0 spiro atoms. The Morgan fingerprint density at radius 2 is 1.60 bits per heavy atom. The first kappa shape index (κ1) is 10.3. The highest BCUT2D eigenvalue weighted by atomic mass is 16.3. The second-order valence-electron chi connectivity index (χ2n) is 2.63. The Bertz CT molecular complexity index is 522. The maximum atomic E-state index is 11.3. The molecule has 0 saturated carbocycles. The molecular formula is C9H3N3O3. The van der Waals surface area contributed by atoms with Gasteiger partial charge in [-0.3, -0.25) is 4.79 Å². The molecule has 6 heteroatoms. The maximum absolute atomic E-state index is 11.3. The summed E-state index contributed by atoms with van der Waals surface area (Å²) in [5.41, 5.74) is -1.30. The smallest absolute Gasteiger partial charge is 0.202 e. The lowest BCUT2D eigenvalue weighted by molar-refractivity contribution is -0.117. The Morgan fingerprint density at radius 1 is 1.07 bits per heavy atom. The van der Waals surface area contributed by atoms with Gasteiger partial charge < -0.3 is 10.2 Å². The molecule has 0 aromatic carbocycles. The molecule has 0 aromatic rings. The lowest BCUT2D eigenvalue weighted by Crippen LogP contribution is -2.24. The van der Waals surface area contributed by atoms with E-state index in [1.54, 1.807) is 0 Å². The summed E-state index contributed by atoms with van der Waals surface area (Å²) in [7, 11) is 0. The normalized spacial score (nSPS) is 20.6. The minimum absolute atomic E-state index is 0.613. The highest BCUT2D eigenvalue weighted by molar-refractivity contribution is 6.06. The van der Waals surface area contributed by atoms with E-state index in [9.17, 15) is 15.0 Å². The van der Waals surface area contributed by atoms with Crippen molar-refractivity contribution in [2.45, 2.75) is 0 Å². The highest BCUT2D eigenvalue weighted by Crippen LogP contribution is 2.28. The molecule has 2 N–H and O–H groups in total. The Balaban J connectivity index is 3.55. The Morgan fingerprint density at radius 3 is 2.00 bits per heavy atom. The molecule has 72 valence electrons. The second kappa shape index (κ2) is 3.53. The molecular weight excluding hydrogens is 198 g/mol. The molecule has 0 amide bonds. The number of aliphatic hydroxyl groups excluding tert-OH is 2. The maximum Gasteiger partial charge on any atom is 0.202 e. The first-order valence-electron chi connectivity index (χ1n) is 3.69. The van der Waals surface area contributed by atoms with Crippen molar-refractivity contribution in [2.24, 2.45) is 5.92 Å². The van der Waals surface area contributed by atoms with Gasteiger partial charge in [0.05, 0.1) is 6.07 Å². The molecule has 1 rings (SSSR count). The van der Waals surface area contributed by atoms with Crippen LogP contribution in [0.4, 0.5) is 0 Å². The summed E-state index contributed by atoms with van der Waals surface area (Å²) < 4.78 is 0. The molecule has 1 aliphatic rings. The van der Waals surface area contributed by atoms with Gasteiger partial charge in [-0.15, -0.1) is 0 Å². The summed E-state index contributed by atoms with van der Waals surface area (Å²) in [6.07, 6.45) is 0. The summed E-state index contributed by atoms with van der Waals surface area (Å²) in [6.45, 7) is 0. The zero-order valence-electron chi connectivity index (χ0n) is 7.22. The zero-order valence-corrected chi connectivity index (χ0v) is 7.22. The Hall–Kier alpha value is -2.78. The summed E-state index contributed by atoms with van der Waals surface area (Å²) in [6, 6.07) is 4.25. The molecule has 0 fully saturated rings. The van der Waals surface area contributed by atoms with Crippen molar-refractivity contribution in [3.05, 3.63) is 22.7 Å². The van der Waals surface area contributed by atoms with Crippen LogP contribution in [0.15, 0.2) is 22.7 Å². The molecule has 0 aliphatic heterocycles. The van der Waals surface area contributed by atoms with Crippen LogP contribution >= 0.6 is 0 Å². The number of nitrogens with zero attached hydrogens (tertiary/aromatic N) is 3. The van der Waals surface area contributed by atoms with Crippen LogP contribution in [0, 0.1) is 39.9 Å². The summed E-state index contributed by atoms with van der Waals surface area (Å²) in [5, 5.41) is 44.2. The molecule has 1 aliphatic carbocycles. The van der Waals surface area contributed by atoms with Gasteiger partial charge in [-0.2, -0.15) is 15.8 Å². The number of rotatable bonds is 0. The van der Waals surface area contributed by atoms with E-state index in [0.29, 0.717) is 0 Å². The largest absolute Gasteiger partial charge is 0.509 e. The number of allylic oxidation sites excluding steroid dienone is 3. The van der Waals surface area contributed by atoms with Gasteiger partial charge in [0, 0.05) is 0 Å². The van der Waals surface area contributed by atoms with E-state index in [2.05, 4.69) is 0 Å². The molecule has 1 unspecified atom stereocenters.